The van der Waals surface area contributed by atoms with Gasteiger partial charge in [0, 0.05) is 12.0 Å². The van der Waals surface area contributed by atoms with Crippen LogP contribution in [0.4, 0.5) is 0 Å². The maximum atomic E-state index is 11.0. The van der Waals surface area contributed by atoms with Crippen LogP contribution in [0.1, 0.15) is 52.4 Å². The Balaban J connectivity index is 3.85. The molecule has 0 radical (unpaired) electrons. The van der Waals surface area contributed by atoms with Crippen LogP contribution in [0.15, 0.2) is 11.6 Å². The predicted molar refractivity (Wildman–Crippen MR) is 66.9 cm³/mol. The largest absolute Gasteiger partial charge is 0.469 e. The minimum absolute atomic E-state index is 0.228. The number of unbranched alkanes of at least 4 members (excludes halogenated alkanes) is 4. The van der Waals surface area contributed by atoms with E-state index < -0.39 is 0 Å². The third-order valence-corrected chi connectivity index (χ3v) is 2.32. The first-order valence-electron chi connectivity index (χ1n) is 5.95. The Kier molecular flexibility index (Phi) is 9.50. The first kappa shape index (κ1) is 14.8. The fourth-order valence-electron chi connectivity index (χ4n) is 1.26. The summed E-state index contributed by atoms with van der Waals surface area (Å²) in [5.41, 5.74) is 0.849. The Hall–Kier alpha value is -1.23. The van der Waals surface area contributed by atoms with E-state index in [0.717, 1.165) is 18.4 Å². The van der Waals surface area contributed by atoms with Gasteiger partial charge in [-0.25, -0.2) is 0 Å². The Labute approximate surface area is 99.1 Å². The number of hydrogen-bond acceptors (Lipinski definition) is 2. The molecule has 0 unspecified atom stereocenters. The molecule has 0 atom stereocenters. The van der Waals surface area contributed by atoms with Crippen molar-refractivity contribution in [3.63, 3.8) is 0 Å². The molecule has 0 rings (SSSR count). The van der Waals surface area contributed by atoms with E-state index in [9.17, 15) is 4.79 Å². The quantitative estimate of drug-likeness (QED) is 0.391. The van der Waals surface area contributed by atoms with Crippen molar-refractivity contribution in [2.45, 2.75) is 52.4 Å². The fourth-order valence-corrected chi connectivity index (χ4v) is 1.26. The summed E-state index contributed by atoms with van der Waals surface area (Å²) in [5, 5.41) is 0. The lowest BCUT2D eigenvalue weighted by molar-refractivity contribution is -0.139. The maximum Gasteiger partial charge on any atom is 0.310 e. The highest BCUT2D eigenvalue weighted by Crippen LogP contribution is 2.03. The second kappa shape index (κ2) is 10.3. The molecule has 16 heavy (non-hydrogen) atoms. The van der Waals surface area contributed by atoms with E-state index >= 15 is 0 Å². The second-order valence-electron chi connectivity index (χ2n) is 3.68. The minimum atomic E-state index is -0.228. The van der Waals surface area contributed by atoms with Crippen molar-refractivity contribution in [3.05, 3.63) is 11.6 Å². The third kappa shape index (κ3) is 8.11. The van der Waals surface area contributed by atoms with E-state index in [2.05, 4.69) is 23.5 Å². The molecule has 90 valence electrons. The van der Waals surface area contributed by atoms with Crippen molar-refractivity contribution in [2.24, 2.45) is 0 Å². The van der Waals surface area contributed by atoms with Crippen molar-refractivity contribution >= 4 is 5.97 Å². The second-order valence-corrected chi connectivity index (χ2v) is 3.68. The lowest BCUT2D eigenvalue weighted by Crippen LogP contribution is -2.00. The highest BCUT2D eigenvalue weighted by atomic mass is 16.5. The molecule has 0 bridgehead atoms. The SMILES string of the molecule is C/C=C(\C#CCCCCCC)CC(=O)OC. The summed E-state index contributed by atoms with van der Waals surface area (Å²) in [7, 11) is 1.40. The fraction of sp³-hybridized carbons (Fsp3) is 0.643. The predicted octanol–water partition coefficient (Wildman–Crippen LogP) is 3.47. The van der Waals surface area contributed by atoms with Gasteiger partial charge in [-0.3, -0.25) is 4.79 Å². The van der Waals surface area contributed by atoms with Crippen molar-refractivity contribution in [3.8, 4) is 11.8 Å². The number of hydrogen-bond donors (Lipinski definition) is 0. The highest BCUT2D eigenvalue weighted by molar-refractivity contribution is 5.73. The van der Waals surface area contributed by atoms with Gasteiger partial charge in [-0.1, -0.05) is 44.1 Å². The Bertz CT molecular complexity index is 279. The van der Waals surface area contributed by atoms with E-state index in [4.69, 9.17) is 0 Å². The van der Waals surface area contributed by atoms with Crippen LogP contribution in [0.3, 0.4) is 0 Å². The Morgan fingerprint density at radius 1 is 1.31 bits per heavy atom. The van der Waals surface area contributed by atoms with Crippen molar-refractivity contribution in [2.75, 3.05) is 7.11 Å². The van der Waals surface area contributed by atoms with Crippen molar-refractivity contribution < 1.29 is 9.53 Å². The molecule has 0 aromatic heterocycles. The number of ether oxygens (including phenoxy) is 1. The van der Waals surface area contributed by atoms with Crippen LogP contribution >= 0.6 is 0 Å². The van der Waals surface area contributed by atoms with Gasteiger partial charge in [-0.05, 0) is 13.3 Å². The van der Waals surface area contributed by atoms with Crippen LogP contribution in [0.5, 0.6) is 0 Å². The topological polar surface area (TPSA) is 26.3 Å². The molecular formula is C14H22O2. The molecule has 0 saturated carbocycles. The standard InChI is InChI=1S/C14H22O2/c1-4-6-7-8-9-10-11-13(5-2)12-14(15)16-3/h5H,4,6-9,12H2,1-3H3/b13-5+. The van der Waals surface area contributed by atoms with E-state index in [-0.39, 0.29) is 12.4 Å². The van der Waals surface area contributed by atoms with Crippen LogP contribution in [0.25, 0.3) is 0 Å². The summed E-state index contributed by atoms with van der Waals surface area (Å²) in [6.07, 6.45) is 7.99. The summed E-state index contributed by atoms with van der Waals surface area (Å²) in [4.78, 5) is 11.0. The molecule has 0 aromatic carbocycles. The molecule has 0 heterocycles. The molecule has 0 aliphatic heterocycles. The molecule has 0 saturated heterocycles. The number of carbonyl (C=O) groups excluding carboxylic acids is 1. The zero-order chi connectivity index (χ0) is 12.2. The zero-order valence-electron chi connectivity index (χ0n) is 10.6. The number of methoxy groups -OCH3 is 1. The number of rotatable bonds is 6. The zero-order valence-corrected chi connectivity index (χ0v) is 10.6. The minimum Gasteiger partial charge on any atom is -0.469 e. The van der Waals surface area contributed by atoms with Gasteiger partial charge in [0.25, 0.3) is 0 Å². The summed E-state index contributed by atoms with van der Waals surface area (Å²) >= 11 is 0. The molecule has 0 spiro atoms. The Morgan fingerprint density at radius 2 is 2.06 bits per heavy atom. The van der Waals surface area contributed by atoms with Gasteiger partial charge in [-0.2, -0.15) is 0 Å². The van der Waals surface area contributed by atoms with Gasteiger partial charge in [0.05, 0.1) is 13.5 Å². The first-order valence-corrected chi connectivity index (χ1v) is 5.95. The molecule has 0 aromatic rings. The van der Waals surface area contributed by atoms with Gasteiger partial charge < -0.3 is 4.74 Å². The molecule has 0 aliphatic rings. The molecule has 2 nitrogen and oxygen atoms in total. The van der Waals surface area contributed by atoms with Gasteiger partial charge in [-0.15, -0.1) is 0 Å². The molecule has 0 amide bonds. The molecule has 0 fully saturated rings. The average Bonchev–Trinajstić information content (AvgIpc) is 2.31. The van der Waals surface area contributed by atoms with Gasteiger partial charge >= 0.3 is 5.97 Å². The van der Waals surface area contributed by atoms with Crippen LogP contribution < -0.4 is 0 Å². The number of allylic oxidation sites excluding steroid dienone is 1. The highest BCUT2D eigenvalue weighted by Gasteiger charge is 2.01. The Morgan fingerprint density at radius 3 is 2.62 bits per heavy atom. The van der Waals surface area contributed by atoms with E-state index in [1.807, 2.05) is 13.0 Å². The maximum absolute atomic E-state index is 11.0. The lowest BCUT2D eigenvalue weighted by Gasteiger charge is -1.97. The number of carbonyl (C=O) groups is 1. The van der Waals surface area contributed by atoms with Crippen LogP contribution in [0.2, 0.25) is 0 Å². The smallest absolute Gasteiger partial charge is 0.310 e. The molecule has 2 heteroatoms. The van der Waals surface area contributed by atoms with Gasteiger partial charge in [0.15, 0.2) is 0 Å². The number of esters is 1. The molecule has 0 aliphatic carbocycles. The summed E-state index contributed by atoms with van der Waals surface area (Å²) in [6.45, 7) is 4.09. The van der Waals surface area contributed by atoms with Crippen LogP contribution in [0, 0.1) is 11.8 Å². The van der Waals surface area contributed by atoms with Crippen molar-refractivity contribution in [1.82, 2.24) is 0 Å². The first-order chi connectivity index (χ1) is 7.74. The van der Waals surface area contributed by atoms with Crippen molar-refractivity contribution in [1.29, 1.82) is 0 Å². The summed E-state index contributed by atoms with van der Waals surface area (Å²) in [6, 6.07) is 0. The van der Waals surface area contributed by atoms with Crippen LogP contribution in [-0.4, -0.2) is 13.1 Å². The van der Waals surface area contributed by atoms with E-state index in [1.165, 1.54) is 26.4 Å². The normalized spacial score (nSPS) is 10.6. The third-order valence-electron chi connectivity index (χ3n) is 2.32. The van der Waals surface area contributed by atoms with E-state index in [0.29, 0.717) is 0 Å². The van der Waals surface area contributed by atoms with Crippen LogP contribution in [-0.2, 0) is 9.53 Å². The monoisotopic (exact) mass is 222 g/mol. The molecular weight excluding hydrogens is 200 g/mol. The van der Waals surface area contributed by atoms with Gasteiger partial charge in [0.1, 0.15) is 0 Å². The average molecular weight is 222 g/mol. The summed E-state index contributed by atoms with van der Waals surface area (Å²) < 4.78 is 4.59. The summed E-state index contributed by atoms with van der Waals surface area (Å²) in [5.74, 6) is 5.89. The lowest BCUT2D eigenvalue weighted by atomic mass is 10.1. The van der Waals surface area contributed by atoms with E-state index in [1.54, 1.807) is 0 Å². The molecule has 0 N–H and O–H groups in total. The van der Waals surface area contributed by atoms with Gasteiger partial charge in [0.2, 0.25) is 0 Å².